The fourth-order valence-electron chi connectivity index (χ4n) is 2.69. The molecule has 0 aromatic heterocycles. The number of rotatable bonds is 5. The molecule has 2 atom stereocenters. The summed E-state index contributed by atoms with van der Waals surface area (Å²) in [6.45, 7) is 4.90. The second kappa shape index (κ2) is 7.85. The predicted molar refractivity (Wildman–Crippen MR) is 75.8 cm³/mol. The lowest BCUT2D eigenvalue weighted by Gasteiger charge is -2.37. The molecule has 1 rings (SSSR count). The van der Waals surface area contributed by atoms with Crippen molar-refractivity contribution in [3.63, 3.8) is 0 Å². The van der Waals surface area contributed by atoms with Crippen LogP contribution in [-0.4, -0.2) is 65.7 Å². The molecule has 1 aliphatic rings. The Morgan fingerprint density at radius 3 is 2.62 bits per heavy atom. The van der Waals surface area contributed by atoms with E-state index in [-0.39, 0.29) is 30.4 Å². The Bertz CT molecular complexity index is 399. The molecule has 120 valence electrons. The summed E-state index contributed by atoms with van der Waals surface area (Å²) in [7, 11) is 1.34. The van der Waals surface area contributed by atoms with Gasteiger partial charge in [-0.05, 0) is 26.7 Å². The van der Waals surface area contributed by atoms with Gasteiger partial charge in [-0.15, -0.1) is 0 Å². The van der Waals surface area contributed by atoms with E-state index in [2.05, 4.69) is 0 Å². The smallest absolute Gasteiger partial charge is 0.320 e. The lowest BCUT2D eigenvalue weighted by Crippen LogP contribution is -2.51. The van der Waals surface area contributed by atoms with Crippen molar-refractivity contribution < 1.29 is 24.2 Å². The third-order valence-corrected chi connectivity index (χ3v) is 3.81. The summed E-state index contributed by atoms with van der Waals surface area (Å²) < 4.78 is 4.74. The average Bonchev–Trinajstić information content (AvgIpc) is 2.46. The number of piperidine rings is 1. The number of carbonyl (C=O) groups is 3. The van der Waals surface area contributed by atoms with Crippen LogP contribution in [0.1, 0.15) is 33.1 Å². The summed E-state index contributed by atoms with van der Waals surface area (Å²) in [4.78, 5) is 38.1. The van der Waals surface area contributed by atoms with Gasteiger partial charge in [0.25, 0.3) is 0 Å². The van der Waals surface area contributed by atoms with Crippen LogP contribution in [0, 0.1) is 5.92 Å². The van der Waals surface area contributed by atoms with Crippen LogP contribution in [0.5, 0.6) is 0 Å². The molecule has 0 spiro atoms. The molecule has 0 aromatic rings. The standard InChI is InChI=1S/C14H24N2O5/c1-4-16(10(2)8-12(17)18)14(20)15-7-5-6-11(9-15)13(19)21-3/h10-11H,4-9H2,1-3H3,(H,17,18). The monoisotopic (exact) mass is 300 g/mol. The first kappa shape index (κ1) is 17.3. The number of likely N-dealkylation sites (tertiary alicyclic amines) is 1. The van der Waals surface area contributed by atoms with E-state index in [0.717, 1.165) is 6.42 Å². The SMILES string of the molecule is CCN(C(=O)N1CCCC(C(=O)OC)C1)C(C)CC(=O)O. The van der Waals surface area contributed by atoms with E-state index < -0.39 is 5.97 Å². The third-order valence-electron chi connectivity index (χ3n) is 3.81. The molecule has 21 heavy (non-hydrogen) atoms. The van der Waals surface area contributed by atoms with Gasteiger partial charge in [-0.2, -0.15) is 0 Å². The van der Waals surface area contributed by atoms with E-state index >= 15 is 0 Å². The molecule has 7 heteroatoms. The first-order valence-electron chi connectivity index (χ1n) is 7.25. The first-order valence-corrected chi connectivity index (χ1v) is 7.25. The number of methoxy groups -OCH3 is 1. The topological polar surface area (TPSA) is 87.2 Å². The summed E-state index contributed by atoms with van der Waals surface area (Å²) in [6.07, 6.45) is 1.37. The Labute approximate surface area is 124 Å². The zero-order valence-electron chi connectivity index (χ0n) is 12.9. The number of carbonyl (C=O) groups excluding carboxylic acids is 2. The van der Waals surface area contributed by atoms with Crippen molar-refractivity contribution in [1.82, 2.24) is 9.80 Å². The fraction of sp³-hybridized carbons (Fsp3) is 0.786. The maximum atomic E-state index is 12.5. The van der Waals surface area contributed by atoms with E-state index in [1.54, 1.807) is 11.8 Å². The summed E-state index contributed by atoms with van der Waals surface area (Å²) in [6, 6.07) is -0.585. The number of amides is 2. The quantitative estimate of drug-likeness (QED) is 0.770. The van der Waals surface area contributed by atoms with Crippen LogP contribution in [0.4, 0.5) is 4.79 Å². The molecule has 0 saturated carbocycles. The summed E-state index contributed by atoms with van der Waals surface area (Å²) in [5.41, 5.74) is 0. The molecular weight excluding hydrogens is 276 g/mol. The van der Waals surface area contributed by atoms with E-state index in [4.69, 9.17) is 9.84 Å². The Morgan fingerprint density at radius 2 is 2.10 bits per heavy atom. The Hall–Kier alpha value is -1.79. The zero-order valence-corrected chi connectivity index (χ0v) is 12.9. The predicted octanol–water partition coefficient (Wildman–Crippen LogP) is 1.18. The van der Waals surface area contributed by atoms with Gasteiger partial charge in [0.05, 0.1) is 19.4 Å². The molecule has 2 unspecified atom stereocenters. The van der Waals surface area contributed by atoms with Crippen molar-refractivity contribution >= 4 is 18.0 Å². The van der Waals surface area contributed by atoms with Crippen LogP contribution in [0.25, 0.3) is 0 Å². The van der Waals surface area contributed by atoms with Gasteiger partial charge in [-0.1, -0.05) is 0 Å². The van der Waals surface area contributed by atoms with Gasteiger partial charge in [0.1, 0.15) is 0 Å². The van der Waals surface area contributed by atoms with Gasteiger partial charge in [-0.25, -0.2) is 4.79 Å². The first-order chi connectivity index (χ1) is 9.90. The van der Waals surface area contributed by atoms with Crippen molar-refractivity contribution in [2.24, 2.45) is 5.92 Å². The van der Waals surface area contributed by atoms with Crippen LogP contribution in [0.3, 0.4) is 0 Å². The van der Waals surface area contributed by atoms with Crippen LogP contribution in [0.15, 0.2) is 0 Å². The van der Waals surface area contributed by atoms with E-state index in [0.29, 0.717) is 26.1 Å². The van der Waals surface area contributed by atoms with E-state index in [1.165, 1.54) is 12.0 Å². The van der Waals surface area contributed by atoms with Crippen molar-refractivity contribution in [3.05, 3.63) is 0 Å². The highest BCUT2D eigenvalue weighted by molar-refractivity contribution is 5.78. The molecular formula is C14H24N2O5. The highest BCUT2D eigenvalue weighted by Gasteiger charge is 2.32. The Balaban J connectivity index is 2.70. The van der Waals surface area contributed by atoms with Crippen LogP contribution >= 0.6 is 0 Å². The number of ether oxygens (including phenoxy) is 1. The van der Waals surface area contributed by atoms with Gasteiger partial charge in [0, 0.05) is 25.7 Å². The number of aliphatic carboxylic acids is 1. The average molecular weight is 300 g/mol. The van der Waals surface area contributed by atoms with Crippen molar-refractivity contribution in [1.29, 1.82) is 0 Å². The number of carboxylic acids is 1. The minimum Gasteiger partial charge on any atom is -0.481 e. The second-order valence-corrected chi connectivity index (χ2v) is 5.32. The van der Waals surface area contributed by atoms with E-state index in [1.807, 2.05) is 6.92 Å². The molecule has 1 aliphatic heterocycles. The van der Waals surface area contributed by atoms with Gasteiger partial charge in [0.2, 0.25) is 0 Å². The molecule has 1 fully saturated rings. The normalized spacial score (nSPS) is 19.8. The second-order valence-electron chi connectivity index (χ2n) is 5.32. The molecule has 0 aromatic carbocycles. The number of urea groups is 1. The van der Waals surface area contributed by atoms with Crippen LogP contribution < -0.4 is 0 Å². The number of hydrogen-bond acceptors (Lipinski definition) is 4. The number of hydrogen-bond donors (Lipinski definition) is 1. The van der Waals surface area contributed by atoms with Crippen LogP contribution in [-0.2, 0) is 14.3 Å². The zero-order chi connectivity index (χ0) is 16.0. The minimum absolute atomic E-state index is 0.0894. The van der Waals surface area contributed by atoms with Gasteiger partial charge in [0.15, 0.2) is 0 Å². The lowest BCUT2D eigenvalue weighted by molar-refractivity contribution is -0.146. The molecule has 0 bridgehead atoms. The van der Waals surface area contributed by atoms with Gasteiger partial charge >= 0.3 is 18.0 Å². The fourth-order valence-corrected chi connectivity index (χ4v) is 2.69. The van der Waals surface area contributed by atoms with Crippen LogP contribution in [0.2, 0.25) is 0 Å². The number of carboxylic acid groups (broad SMARTS) is 1. The largest absolute Gasteiger partial charge is 0.481 e. The van der Waals surface area contributed by atoms with Gasteiger partial charge in [-0.3, -0.25) is 9.59 Å². The molecule has 7 nitrogen and oxygen atoms in total. The third kappa shape index (κ3) is 4.61. The molecule has 2 amide bonds. The molecule has 1 N–H and O–H groups in total. The van der Waals surface area contributed by atoms with Crippen molar-refractivity contribution in [3.8, 4) is 0 Å². The number of nitrogens with zero attached hydrogens (tertiary/aromatic N) is 2. The lowest BCUT2D eigenvalue weighted by atomic mass is 9.98. The molecule has 1 saturated heterocycles. The highest BCUT2D eigenvalue weighted by atomic mass is 16.5. The minimum atomic E-state index is -0.931. The molecule has 0 aliphatic carbocycles. The maximum absolute atomic E-state index is 12.5. The Kier molecular flexibility index (Phi) is 6.45. The summed E-state index contributed by atoms with van der Waals surface area (Å²) in [5, 5.41) is 8.85. The Morgan fingerprint density at radius 1 is 1.43 bits per heavy atom. The maximum Gasteiger partial charge on any atom is 0.320 e. The summed E-state index contributed by atoms with van der Waals surface area (Å²) >= 11 is 0. The molecule has 0 radical (unpaired) electrons. The molecule has 1 heterocycles. The highest BCUT2D eigenvalue weighted by Crippen LogP contribution is 2.20. The summed E-state index contributed by atoms with van der Waals surface area (Å²) in [5.74, 6) is -1.52. The van der Waals surface area contributed by atoms with Crippen molar-refractivity contribution in [2.75, 3.05) is 26.7 Å². The van der Waals surface area contributed by atoms with Crippen molar-refractivity contribution in [2.45, 2.75) is 39.2 Å². The van der Waals surface area contributed by atoms with Gasteiger partial charge < -0.3 is 19.6 Å². The van der Waals surface area contributed by atoms with E-state index in [9.17, 15) is 14.4 Å². The number of esters is 1.